The second-order valence-electron chi connectivity index (χ2n) is 18.6. The Kier molecular flexibility index (Phi) is 11.4. The van der Waals surface area contributed by atoms with Crippen LogP contribution in [0, 0.1) is 47.3 Å². The van der Waals surface area contributed by atoms with E-state index >= 15 is 0 Å². The number of ether oxygens (including phenoxy) is 6. The number of aliphatic carboxylic acids is 1. The maximum Gasteiger partial charge on any atom is 0.308 e. The van der Waals surface area contributed by atoms with Crippen LogP contribution in [0.1, 0.15) is 120 Å². The van der Waals surface area contributed by atoms with Crippen LogP contribution in [-0.2, 0) is 33.2 Å². The summed E-state index contributed by atoms with van der Waals surface area (Å²) in [5.74, 6) is -3.43. The van der Waals surface area contributed by atoms with Crippen LogP contribution < -0.4 is 0 Å². The van der Waals surface area contributed by atoms with Gasteiger partial charge in [0.1, 0.15) is 0 Å². The lowest BCUT2D eigenvalue weighted by atomic mass is 9.74. The van der Waals surface area contributed by atoms with E-state index in [4.69, 9.17) is 28.4 Å². The fourth-order valence-corrected chi connectivity index (χ4v) is 11.4. The molecule has 11 nitrogen and oxygen atoms in total. The minimum Gasteiger partial charge on any atom is -0.481 e. The molecule has 6 aliphatic rings. The van der Waals surface area contributed by atoms with Crippen molar-refractivity contribution in [2.24, 2.45) is 47.3 Å². The normalized spacial score (nSPS) is 54.2. The highest BCUT2D eigenvalue weighted by molar-refractivity contribution is 5.70. The summed E-state index contributed by atoms with van der Waals surface area (Å²) in [6.07, 6.45) is 5.60. The summed E-state index contributed by atoms with van der Waals surface area (Å²) in [7, 11) is 0. The number of rotatable bonds is 9. The summed E-state index contributed by atoms with van der Waals surface area (Å²) in [5, 5.41) is 41.2. The summed E-state index contributed by atoms with van der Waals surface area (Å²) in [4.78, 5) is 11.8. The molecular weight excluding hydrogens is 656 g/mol. The van der Waals surface area contributed by atoms with Gasteiger partial charge in [0.05, 0.1) is 66.5 Å². The Morgan fingerprint density at radius 2 is 1.55 bits per heavy atom. The fraction of sp³-hybridized carbons (Fsp3) is 0.975. The highest BCUT2D eigenvalue weighted by Gasteiger charge is 2.65. The third kappa shape index (κ3) is 7.19. The molecule has 294 valence electrons. The second kappa shape index (κ2) is 14.6. The molecule has 19 atom stereocenters. The first-order valence-electron chi connectivity index (χ1n) is 20.1. The first-order valence-corrected chi connectivity index (χ1v) is 20.1. The number of carbonyl (C=O) groups is 1. The van der Waals surface area contributed by atoms with E-state index in [1.165, 1.54) is 0 Å². The molecular formula is C40H68O11. The summed E-state index contributed by atoms with van der Waals surface area (Å²) >= 11 is 0. The number of hydrogen-bond acceptors (Lipinski definition) is 10. The summed E-state index contributed by atoms with van der Waals surface area (Å²) < 4.78 is 40.8. The van der Waals surface area contributed by atoms with Gasteiger partial charge in [-0.2, -0.15) is 0 Å². The molecule has 0 unspecified atom stereocenters. The van der Waals surface area contributed by atoms with Gasteiger partial charge in [-0.1, -0.05) is 41.5 Å². The Balaban J connectivity index is 1.13. The summed E-state index contributed by atoms with van der Waals surface area (Å²) in [6, 6.07) is 0. The van der Waals surface area contributed by atoms with E-state index in [-0.39, 0.29) is 90.8 Å². The van der Waals surface area contributed by atoms with Gasteiger partial charge in [0, 0.05) is 24.4 Å². The van der Waals surface area contributed by atoms with Crippen LogP contribution in [0.2, 0.25) is 0 Å². The van der Waals surface area contributed by atoms with E-state index in [1.807, 2.05) is 6.92 Å². The molecule has 0 aromatic rings. The van der Waals surface area contributed by atoms with Crippen molar-refractivity contribution in [2.75, 3.05) is 13.2 Å². The number of carboxylic acids is 1. The predicted octanol–water partition coefficient (Wildman–Crippen LogP) is 5.30. The van der Waals surface area contributed by atoms with Gasteiger partial charge in [-0.05, 0) is 102 Å². The minimum absolute atomic E-state index is 0.000105. The number of carboxylic acid groups (broad SMARTS) is 1. The van der Waals surface area contributed by atoms with Crippen LogP contribution in [0.3, 0.4) is 0 Å². The van der Waals surface area contributed by atoms with E-state index in [2.05, 4.69) is 48.5 Å². The molecule has 6 rings (SSSR count). The molecule has 0 aromatic carbocycles. The molecule has 0 amide bonds. The van der Waals surface area contributed by atoms with Gasteiger partial charge in [0.25, 0.3) is 0 Å². The smallest absolute Gasteiger partial charge is 0.308 e. The topological polar surface area (TPSA) is 153 Å². The molecule has 6 fully saturated rings. The Morgan fingerprint density at radius 1 is 0.824 bits per heavy atom. The van der Waals surface area contributed by atoms with E-state index in [0.29, 0.717) is 12.8 Å². The van der Waals surface area contributed by atoms with Gasteiger partial charge < -0.3 is 48.8 Å². The van der Waals surface area contributed by atoms with E-state index < -0.39 is 41.3 Å². The zero-order valence-corrected chi connectivity index (χ0v) is 32.6. The summed E-state index contributed by atoms with van der Waals surface area (Å²) in [5.41, 5.74) is -1.14. The molecule has 51 heavy (non-hydrogen) atoms. The van der Waals surface area contributed by atoms with E-state index in [9.17, 15) is 25.2 Å². The molecule has 6 saturated heterocycles. The van der Waals surface area contributed by atoms with Crippen LogP contribution in [0.25, 0.3) is 0 Å². The van der Waals surface area contributed by atoms with Gasteiger partial charge >= 0.3 is 5.97 Å². The number of aliphatic hydroxyl groups is 3. The molecule has 0 radical (unpaired) electrons. The highest BCUT2D eigenvalue weighted by atomic mass is 16.7. The van der Waals surface area contributed by atoms with E-state index in [1.54, 1.807) is 6.92 Å². The van der Waals surface area contributed by atoms with Crippen LogP contribution in [0.15, 0.2) is 0 Å². The zero-order chi connectivity index (χ0) is 37.3. The van der Waals surface area contributed by atoms with Gasteiger partial charge in [0.2, 0.25) is 0 Å². The number of aliphatic hydroxyl groups excluding tert-OH is 2. The van der Waals surface area contributed by atoms with Crippen LogP contribution in [0.4, 0.5) is 0 Å². The molecule has 0 saturated carbocycles. The Morgan fingerprint density at radius 3 is 2.22 bits per heavy atom. The predicted molar refractivity (Wildman–Crippen MR) is 189 cm³/mol. The van der Waals surface area contributed by atoms with E-state index in [0.717, 1.165) is 44.9 Å². The van der Waals surface area contributed by atoms with Crippen molar-refractivity contribution in [2.45, 2.75) is 186 Å². The molecule has 0 aromatic heterocycles. The molecule has 4 N–H and O–H groups in total. The first-order chi connectivity index (χ1) is 23.9. The van der Waals surface area contributed by atoms with Gasteiger partial charge in [0.15, 0.2) is 11.6 Å². The van der Waals surface area contributed by atoms with Crippen molar-refractivity contribution >= 4 is 5.97 Å². The monoisotopic (exact) mass is 724 g/mol. The zero-order valence-electron chi connectivity index (χ0n) is 32.6. The van der Waals surface area contributed by atoms with Crippen molar-refractivity contribution in [1.82, 2.24) is 0 Å². The lowest BCUT2D eigenvalue weighted by molar-refractivity contribution is -0.348. The quantitative estimate of drug-likeness (QED) is 0.245. The third-order valence-corrected chi connectivity index (χ3v) is 14.6. The highest BCUT2D eigenvalue weighted by Crippen LogP contribution is 2.57. The number of hydrogen-bond donors (Lipinski definition) is 4. The Labute approximate surface area is 305 Å². The Bertz CT molecular complexity index is 1230. The van der Waals surface area contributed by atoms with Crippen molar-refractivity contribution in [3.8, 4) is 0 Å². The average molecular weight is 725 g/mol. The largest absolute Gasteiger partial charge is 0.481 e. The maximum atomic E-state index is 11.8. The molecule has 0 aliphatic carbocycles. The van der Waals surface area contributed by atoms with Gasteiger partial charge in [-0.15, -0.1) is 0 Å². The molecule has 6 heterocycles. The SMILES string of the molecule is C[C@@H]1C[C@@](C)([C@H]2CC[C@@](C)([C@@H]3O[C@@H]([C@H]4O[C@@](O)(CO)[C@H](C)C[C@@H]4C)C[C@@H]3C)O2)O[C@]12O[C@H](C[C@H]1CC[C@H](C)[C@H]([C@@H](C)C(=O)O)O1)C[C@@H](CO)[C@H]2C. The molecule has 1 spiro atoms. The minimum atomic E-state index is -1.56. The standard InChI is InChI=1S/C40H68O11/c1-21-10-11-29(46-33(21)26(6)36(43)44)17-30-16-28(19-41)27(7)40(48-30)25(5)18-38(9,51-40)32-12-13-37(8,49-32)35-23(3)15-31(47-35)34-22(2)14-24(4)39(45,20-42)50-34/h21-35,41-42,45H,10-20H2,1-9H3,(H,43,44)/t21-,22-,23-,24+,25+,26+,27+,28-,29+,30-,31+,32+,33+,34-,35+,37-,38-,39-,40+/m0/s1. The summed E-state index contributed by atoms with van der Waals surface area (Å²) in [6.45, 7) is 18.3. The third-order valence-electron chi connectivity index (χ3n) is 14.6. The van der Waals surface area contributed by atoms with Crippen molar-refractivity contribution in [1.29, 1.82) is 0 Å². The van der Waals surface area contributed by atoms with Crippen molar-refractivity contribution < 1.29 is 53.6 Å². The molecule has 6 aliphatic heterocycles. The molecule has 0 bridgehead atoms. The second-order valence-corrected chi connectivity index (χ2v) is 18.6. The maximum absolute atomic E-state index is 11.8. The molecule has 11 heteroatoms. The lowest BCUT2D eigenvalue weighted by Crippen LogP contribution is -2.57. The van der Waals surface area contributed by atoms with Crippen LogP contribution in [0.5, 0.6) is 0 Å². The van der Waals surface area contributed by atoms with Crippen LogP contribution in [-0.4, -0.2) is 105 Å². The first kappa shape index (κ1) is 39.8. The van der Waals surface area contributed by atoms with Gasteiger partial charge in [-0.3, -0.25) is 4.79 Å². The average Bonchev–Trinajstić information content (AvgIpc) is 3.75. The fourth-order valence-electron chi connectivity index (χ4n) is 11.4. The van der Waals surface area contributed by atoms with Crippen molar-refractivity contribution in [3.05, 3.63) is 0 Å². The Hall–Kier alpha value is -0.890. The lowest BCUT2D eigenvalue weighted by Gasteiger charge is -2.50. The van der Waals surface area contributed by atoms with Gasteiger partial charge in [-0.25, -0.2) is 0 Å². The van der Waals surface area contributed by atoms with Crippen LogP contribution >= 0.6 is 0 Å². The van der Waals surface area contributed by atoms with Crippen molar-refractivity contribution in [3.63, 3.8) is 0 Å².